The fourth-order valence-electron chi connectivity index (χ4n) is 2.75. The second-order valence-electron chi connectivity index (χ2n) is 5.59. The van der Waals surface area contributed by atoms with E-state index < -0.39 is 5.41 Å². The lowest BCUT2D eigenvalue weighted by Crippen LogP contribution is -2.44. The van der Waals surface area contributed by atoms with Crippen LogP contribution < -0.4 is 5.32 Å². The van der Waals surface area contributed by atoms with Crippen LogP contribution in [0.1, 0.15) is 51.5 Å². The molecule has 0 fully saturated rings. The molecular formula is C18H26ClNO3. The molecule has 0 unspecified atom stereocenters. The minimum absolute atomic E-state index is 0.0305. The molecule has 1 aromatic carbocycles. The topological polar surface area (TPSA) is 55.4 Å². The first-order chi connectivity index (χ1) is 11.0. The van der Waals surface area contributed by atoms with Crippen molar-refractivity contribution in [2.45, 2.75) is 51.4 Å². The van der Waals surface area contributed by atoms with E-state index in [4.69, 9.17) is 11.6 Å². The first kappa shape index (κ1) is 19.5. The monoisotopic (exact) mass is 339 g/mol. The number of nitrogens with one attached hydrogen (secondary N) is 1. The Morgan fingerprint density at radius 1 is 1.13 bits per heavy atom. The fourth-order valence-corrected chi connectivity index (χ4v) is 2.87. The summed E-state index contributed by atoms with van der Waals surface area (Å²) < 4.78 is 4.60. The van der Waals surface area contributed by atoms with Crippen molar-refractivity contribution < 1.29 is 14.3 Å². The predicted octanol–water partition coefficient (Wildman–Crippen LogP) is 3.86. The van der Waals surface area contributed by atoms with Crippen molar-refractivity contribution >= 4 is 23.5 Å². The highest BCUT2D eigenvalue weighted by Crippen LogP contribution is 2.32. The van der Waals surface area contributed by atoms with Crippen LogP contribution >= 0.6 is 11.6 Å². The van der Waals surface area contributed by atoms with Crippen LogP contribution in [0.15, 0.2) is 24.3 Å². The van der Waals surface area contributed by atoms with Crippen molar-refractivity contribution in [2.75, 3.05) is 13.7 Å². The zero-order valence-corrected chi connectivity index (χ0v) is 14.9. The van der Waals surface area contributed by atoms with Gasteiger partial charge in [-0.1, -0.05) is 37.6 Å². The number of ether oxygens (including phenoxy) is 1. The molecule has 23 heavy (non-hydrogen) atoms. The largest absolute Gasteiger partial charge is 0.469 e. The molecule has 1 rings (SSSR count). The number of halogens is 1. The average molecular weight is 340 g/mol. The molecule has 5 heteroatoms. The summed E-state index contributed by atoms with van der Waals surface area (Å²) in [4.78, 5) is 23.8. The van der Waals surface area contributed by atoms with Crippen molar-refractivity contribution in [1.29, 1.82) is 0 Å². The smallest absolute Gasteiger partial charge is 0.305 e. The molecule has 4 nitrogen and oxygen atoms in total. The van der Waals surface area contributed by atoms with Crippen LogP contribution in [0.25, 0.3) is 0 Å². The first-order valence-electron chi connectivity index (χ1n) is 8.11. The van der Waals surface area contributed by atoms with Gasteiger partial charge in [0.05, 0.1) is 12.5 Å². The number of hydrogen-bond acceptors (Lipinski definition) is 3. The van der Waals surface area contributed by atoms with Gasteiger partial charge in [0, 0.05) is 18.0 Å². The van der Waals surface area contributed by atoms with E-state index in [1.807, 2.05) is 38.1 Å². The Morgan fingerprint density at radius 3 is 2.26 bits per heavy atom. The molecule has 1 aromatic rings. The zero-order valence-electron chi connectivity index (χ0n) is 14.2. The molecule has 128 valence electrons. The van der Waals surface area contributed by atoms with Crippen molar-refractivity contribution in [2.24, 2.45) is 0 Å². The van der Waals surface area contributed by atoms with Gasteiger partial charge in [0.2, 0.25) is 5.91 Å². The molecule has 0 saturated heterocycles. The van der Waals surface area contributed by atoms with Crippen LogP contribution in [0, 0.1) is 0 Å². The van der Waals surface area contributed by atoms with Gasteiger partial charge in [-0.05, 0) is 43.4 Å². The van der Waals surface area contributed by atoms with E-state index in [-0.39, 0.29) is 11.9 Å². The number of unbranched alkanes of at least 4 members (excludes halogenated alkanes) is 1. The molecule has 0 radical (unpaired) electrons. The Kier molecular flexibility index (Phi) is 8.10. The van der Waals surface area contributed by atoms with Gasteiger partial charge in [0.25, 0.3) is 0 Å². The van der Waals surface area contributed by atoms with Crippen LogP contribution in [-0.4, -0.2) is 25.5 Å². The number of carbonyl (C=O) groups is 2. The maximum Gasteiger partial charge on any atom is 0.305 e. The molecule has 0 aliphatic heterocycles. The third kappa shape index (κ3) is 5.24. The van der Waals surface area contributed by atoms with Gasteiger partial charge in [0.15, 0.2) is 0 Å². The van der Waals surface area contributed by atoms with Gasteiger partial charge < -0.3 is 10.1 Å². The Hall–Kier alpha value is -1.55. The third-order valence-corrected chi connectivity index (χ3v) is 4.61. The SMILES string of the molecule is CCC(CC)(C(=O)NCCCCC(=O)OC)c1ccc(Cl)cc1. The minimum Gasteiger partial charge on any atom is -0.469 e. The third-order valence-electron chi connectivity index (χ3n) is 4.36. The molecule has 0 spiro atoms. The maximum absolute atomic E-state index is 12.7. The summed E-state index contributed by atoms with van der Waals surface area (Å²) in [5.41, 5.74) is 0.450. The van der Waals surface area contributed by atoms with Crippen molar-refractivity contribution in [3.8, 4) is 0 Å². The van der Waals surface area contributed by atoms with E-state index >= 15 is 0 Å². The van der Waals surface area contributed by atoms with E-state index in [2.05, 4.69) is 10.1 Å². The normalized spacial score (nSPS) is 11.1. The molecule has 0 atom stereocenters. The number of benzene rings is 1. The molecule has 0 aromatic heterocycles. The van der Waals surface area contributed by atoms with E-state index in [1.54, 1.807) is 0 Å². The molecule has 0 aliphatic carbocycles. The quantitative estimate of drug-likeness (QED) is 0.549. The Labute approximate surface area is 143 Å². The average Bonchev–Trinajstić information content (AvgIpc) is 2.57. The summed E-state index contributed by atoms with van der Waals surface area (Å²) in [5.74, 6) is -0.183. The lowest BCUT2D eigenvalue weighted by molar-refractivity contribution is -0.140. The van der Waals surface area contributed by atoms with Gasteiger partial charge in [-0.2, -0.15) is 0 Å². The fraction of sp³-hybridized carbons (Fsp3) is 0.556. The highest BCUT2D eigenvalue weighted by atomic mass is 35.5. The highest BCUT2D eigenvalue weighted by Gasteiger charge is 2.36. The second-order valence-corrected chi connectivity index (χ2v) is 6.02. The van der Waals surface area contributed by atoms with Crippen molar-refractivity contribution in [3.63, 3.8) is 0 Å². The number of hydrogen-bond donors (Lipinski definition) is 1. The number of methoxy groups -OCH3 is 1. The molecule has 0 saturated carbocycles. The summed E-state index contributed by atoms with van der Waals surface area (Å²) >= 11 is 5.95. The van der Waals surface area contributed by atoms with Crippen LogP contribution in [0.3, 0.4) is 0 Å². The molecule has 1 N–H and O–H groups in total. The van der Waals surface area contributed by atoms with Gasteiger partial charge in [-0.3, -0.25) is 9.59 Å². The number of amides is 1. The summed E-state index contributed by atoms with van der Waals surface area (Å²) in [5, 5.41) is 3.67. The lowest BCUT2D eigenvalue weighted by Gasteiger charge is -2.31. The highest BCUT2D eigenvalue weighted by molar-refractivity contribution is 6.30. The van der Waals surface area contributed by atoms with Crippen LogP contribution in [0.4, 0.5) is 0 Å². The molecule has 0 bridgehead atoms. The minimum atomic E-state index is -0.535. The van der Waals surface area contributed by atoms with Crippen LogP contribution in [-0.2, 0) is 19.7 Å². The molecule has 0 aliphatic rings. The molecule has 1 amide bonds. The number of carbonyl (C=O) groups excluding carboxylic acids is 2. The van der Waals surface area contributed by atoms with E-state index in [9.17, 15) is 9.59 Å². The predicted molar refractivity (Wildman–Crippen MR) is 92.6 cm³/mol. The Bertz CT molecular complexity index is 510. The van der Waals surface area contributed by atoms with Gasteiger partial charge >= 0.3 is 5.97 Å². The Morgan fingerprint density at radius 2 is 1.74 bits per heavy atom. The van der Waals surface area contributed by atoms with Crippen LogP contribution in [0.5, 0.6) is 0 Å². The summed E-state index contributed by atoms with van der Waals surface area (Å²) in [7, 11) is 1.38. The van der Waals surface area contributed by atoms with E-state index in [1.165, 1.54) is 7.11 Å². The van der Waals surface area contributed by atoms with Crippen LogP contribution in [0.2, 0.25) is 5.02 Å². The van der Waals surface area contributed by atoms with Gasteiger partial charge in [-0.25, -0.2) is 0 Å². The van der Waals surface area contributed by atoms with Crippen molar-refractivity contribution in [1.82, 2.24) is 5.32 Å². The molecular weight excluding hydrogens is 314 g/mol. The van der Waals surface area contributed by atoms with E-state index in [0.29, 0.717) is 24.4 Å². The van der Waals surface area contributed by atoms with Gasteiger partial charge in [0.1, 0.15) is 0 Å². The number of esters is 1. The second kappa shape index (κ2) is 9.56. The standard InChI is InChI=1S/C18H26ClNO3/c1-4-18(5-2,14-9-11-15(19)12-10-14)17(22)20-13-7-6-8-16(21)23-3/h9-12H,4-8,13H2,1-3H3,(H,20,22). The summed E-state index contributed by atoms with van der Waals surface area (Å²) in [6.07, 6.45) is 3.29. The van der Waals surface area contributed by atoms with E-state index in [0.717, 1.165) is 24.8 Å². The maximum atomic E-state index is 12.7. The lowest BCUT2D eigenvalue weighted by atomic mass is 9.75. The Balaban J connectivity index is 2.64. The molecule has 0 heterocycles. The zero-order chi connectivity index (χ0) is 17.3. The van der Waals surface area contributed by atoms with Gasteiger partial charge in [-0.15, -0.1) is 0 Å². The van der Waals surface area contributed by atoms with Crippen molar-refractivity contribution in [3.05, 3.63) is 34.9 Å². The summed E-state index contributed by atoms with van der Waals surface area (Å²) in [6, 6.07) is 7.49. The first-order valence-corrected chi connectivity index (χ1v) is 8.49. The number of rotatable bonds is 9. The summed E-state index contributed by atoms with van der Waals surface area (Å²) in [6.45, 7) is 4.61.